The van der Waals surface area contributed by atoms with Gasteiger partial charge in [0.05, 0.1) is 0 Å². The Hall–Kier alpha value is -1.64. The molecule has 1 aromatic rings. The van der Waals surface area contributed by atoms with Crippen LogP contribution in [-0.2, 0) is 14.8 Å². The molecular weight excluding hydrogens is 388 g/mol. The largest absolute Gasteiger partial charge is 0.358 e. The average molecular weight is 417 g/mol. The van der Waals surface area contributed by atoms with E-state index in [1.165, 1.54) is 0 Å². The van der Waals surface area contributed by atoms with Crippen LogP contribution in [-0.4, -0.2) is 51.2 Å². The fraction of sp³-hybridized carbons (Fsp3) is 0.556. The number of nitrogens with one attached hydrogen (secondary N) is 1. The Morgan fingerprint density at radius 3 is 2.59 bits per heavy atom. The highest BCUT2D eigenvalue weighted by molar-refractivity contribution is 7.90. The van der Waals surface area contributed by atoms with Gasteiger partial charge in [0.1, 0.15) is 10.7 Å². The number of nitrogens with zero attached hydrogens (tertiary/aromatic N) is 2. The van der Waals surface area contributed by atoms with Crippen LogP contribution >= 0.6 is 12.4 Å². The molecule has 1 heterocycles. The lowest BCUT2D eigenvalue weighted by Gasteiger charge is -2.20. The lowest BCUT2D eigenvalue weighted by molar-refractivity contribution is -0.121. The normalized spacial score (nSPS) is 15.5. The second-order valence-electron chi connectivity index (χ2n) is 7.04. The summed E-state index contributed by atoms with van der Waals surface area (Å²) in [5.74, 6) is 0.869. The van der Waals surface area contributed by atoms with Crippen LogP contribution < -0.4 is 11.1 Å². The maximum Gasteiger partial charge on any atom is 0.285 e. The zero-order chi connectivity index (χ0) is 19.3. The van der Waals surface area contributed by atoms with Gasteiger partial charge in [0.25, 0.3) is 10.0 Å². The molecule has 7 nitrogen and oxygen atoms in total. The van der Waals surface area contributed by atoms with Crippen molar-refractivity contribution in [2.75, 3.05) is 20.1 Å². The first-order valence-corrected chi connectivity index (χ1v) is 10.3. The van der Waals surface area contributed by atoms with Gasteiger partial charge in [-0.15, -0.1) is 16.8 Å². The molecule has 1 amide bonds. The van der Waals surface area contributed by atoms with E-state index in [2.05, 4.69) is 23.6 Å². The van der Waals surface area contributed by atoms with Gasteiger partial charge in [-0.25, -0.2) is 0 Å². The average Bonchev–Trinajstić information content (AvgIpc) is 2.85. The Kier molecular flexibility index (Phi) is 8.71. The fourth-order valence-corrected chi connectivity index (χ4v) is 4.28. The molecule has 1 aromatic carbocycles. The van der Waals surface area contributed by atoms with Gasteiger partial charge in [0.15, 0.2) is 0 Å². The predicted octanol–water partition coefficient (Wildman–Crippen LogP) is 1.76. The van der Waals surface area contributed by atoms with Gasteiger partial charge in [-0.1, -0.05) is 26.0 Å². The van der Waals surface area contributed by atoms with E-state index < -0.39 is 10.0 Å². The highest BCUT2D eigenvalue weighted by atomic mass is 35.5. The summed E-state index contributed by atoms with van der Waals surface area (Å²) in [6.07, 6.45) is 1.82. The van der Waals surface area contributed by atoms with Gasteiger partial charge < -0.3 is 16.0 Å². The molecular formula is C18H29ClN4O3S. The molecule has 27 heavy (non-hydrogen) atoms. The number of nitrogens with two attached hydrogens (primary N) is 1. The molecule has 0 saturated carbocycles. The molecule has 0 radical (unpaired) electrons. The maximum absolute atomic E-state index is 12.1. The number of sulfonamides is 1. The summed E-state index contributed by atoms with van der Waals surface area (Å²) in [6, 6.07) is 6.78. The van der Waals surface area contributed by atoms with E-state index in [4.69, 9.17) is 5.73 Å². The molecule has 0 bridgehead atoms. The molecule has 3 N–H and O–H groups in total. The molecule has 9 heteroatoms. The Morgan fingerprint density at radius 1 is 1.30 bits per heavy atom. The number of benzene rings is 1. The number of halogens is 1. The first-order chi connectivity index (χ1) is 12.2. The number of amides is 1. The first kappa shape index (κ1) is 23.4. The number of carbonyl (C=O) groups excluding carboxylic acids is 1. The number of amidine groups is 1. The Morgan fingerprint density at radius 2 is 1.96 bits per heavy atom. The molecule has 1 atom stereocenters. The summed E-state index contributed by atoms with van der Waals surface area (Å²) < 4.78 is 28.1. The smallest absolute Gasteiger partial charge is 0.285 e. The summed E-state index contributed by atoms with van der Waals surface area (Å²) in [4.78, 5) is 14.1. The zero-order valence-electron chi connectivity index (χ0n) is 16.0. The number of rotatable bonds is 8. The van der Waals surface area contributed by atoms with Gasteiger partial charge in [-0.3, -0.25) is 4.79 Å². The van der Waals surface area contributed by atoms with Gasteiger partial charge in [0, 0.05) is 38.2 Å². The van der Waals surface area contributed by atoms with Crippen LogP contribution in [0.3, 0.4) is 0 Å². The monoisotopic (exact) mass is 416 g/mol. The van der Waals surface area contributed by atoms with Crippen molar-refractivity contribution in [2.24, 2.45) is 16.0 Å². The predicted molar refractivity (Wildman–Crippen MR) is 110 cm³/mol. The lowest BCUT2D eigenvalue weighted by Crippen LogP contribution is -2.41. The van der Waals surface area contributed by atoms with Crippen LogP contribution in [0.5, 0.6) is 0 Å². The second kappa shape index (κ2) is 10.1. The summed E-state index contributed by atoms with van der Waals surface area (Å²) in [6.45, 7) is 5.15. The molecule has 0 fully saturated rings. The summed E-state index contributed by atoms with van der Waals surface area (Å²) in [5, 5.41) is 2.96. The van der Waals surface area contributed by atoms with Crippen molar-refractivity contribution < 1.29 is 13.2 Å². The van der Waals surface area contributed by atoms with Crippen molar-refractivity contribution in [1.82, 2.24) is 10.2 Å². The van der Waals surface area contributed by atoms with Crippen LogP contribution in [0.1, 0.15) is 38.7 Å². The topological polar surface area (TPSA) is 105 Å². The van der Waals surface area contributed by atoms with Crippen molar-refractivity contribution in [2.45, 2.75) is 44.0 Å². The van der Waals surface area contributed by atoms with Crippen molar-refractivity contribution >= 4 is 34.2 Å². The third-order valence-electron chi connectivity index (χ3n) is 4.28. The Bertz CT molecular complexity index is 781. The third-order valence-corrected chi connectivity index (χ3v) is 5.60. The van der Waals surface area contributed by atoms with E-state index in [1.54, 1.807) is 36.2 Å². The molecule has 0 aromatic heterocycles. The SMILES string of the molecule is CC(C)CC(CN)NC(=O)CCCN(C)C1=NS(=O)(=O)c2ccccc21.Cl. The highest BCUT2D eigenvalue weighted by Crippen LogP contribution is 2.26. The quantitative estimate of drug-likeness (QED) is 0.671. The van der Waals surface area contributed by atoms with Crippen LogP contribution in [0, 0.1) is 5.92 Å². The molecule has 1 unspecified atom stereocenters. The molecule has 1 aliphatic heterocycles. The Balaban J connectivity index is 0.00000364. The van der Waals surface area contributed by atoms with E-state index in [0.29, 0.717) is 43.2 Å². The van der Waals surface area contributed by atoms with E-state index >= 15 is 0 Å². The molecule has 0 spiro atoms. The van der Waals surface area contributed by atoms with Crippen molar-refractivity contribution in [1.29, 1.82) is 0 Å². The van der Waals surface area contributed by atoms with Gasteiger partial charge in [-0.05, 0) is 30.9 Å². The summed E-state index contributed by atoms with van der Waals surface area (Å²) in [5.41, 5.74) is 6.31. The van der Waals surface area contributed by atoms with Gasteiger partial charge in [0.2, 0.25) is 5.91 Å². The van der Waals surface area contributed by atoms with Crippen molar-refractivity contribution in [3.05, 3.63) is 29.8 Å². The minimum Gasteiger partial charge on any atom is -0.358 e. The van der Waals surface area contributed by atoms with Crippen molar-refractivity contribution in [3.63, 3.8) is 0 Å². The fourth-order valence-electron chi connectivity index (χ4n) is 3.03. The number of fused-ring (bicyclic) bond motifs is 1. The van der Waals surface area contributed by atoms with E-state index in [-0.39, 0.29) is 29.3 Å². The van der Waals surface area contributed by atoms with Crippen LogP contribution in [0.2, 0.25) is 0 Å². The lowest BCUT2D eigenvalue weighted by atomic mass is 10.0. The van der Waals surface area contributed by atoms with Gasteiger partial charge in [-0.2, -0.15) is 8.42 Å². The molecule has 1 aliphatic rings. The molecule has 2 rings (SSSR count). The number of hydrogen-bond acceptors (Lipinski definition) is 5. The minimum atomic E-state index is -3.62. The molecule has 152 valence electrons. The number of carbonyl (C=O) groups is 1. The molecule has 0 aliphatic carbocycles. The van der Waals surface area contributed by atoms with E-state index in [0.717, 1.165) is 6.42 Å². The van der Waals surface area contributed by atoms with Crippen LogP contribution in [0.15, 0.2) is 33.6 Å². The summed E-state index contributed by atoms with van der Waals surface area (Å²) >= 11 is 0. The second-order valence-corrected chi connectivity index (χ2v) is 8.61. The van der Waals surface area contributed by atoms with E-state index in [9.17, 15) is 13.2 Å². The summed E-state index contributed by atoms with van der Waals surface area (Å²) in [7, 11) is -1.83. The van der Waals surface area contributed by atoms with Crippen LogP contribution in [0.4, 0.5) is 0 Å². The standard InChI is InChI=1S/C18H28N4O3S.ClH/c1-13(2)11-14(12-19)20-17(23)9-6-10-22(3)18-15-7-4-5-8-16(15)26(24,25)21-18;/h4-5,7-8,13-14H,6,9-12,19H2,1-3H3,(H,20,23);1H. The first-order valence-electron chi connectivity index (χ1n) is 8.89. The van der Waals surface area contributed by atoms with E-state index in [1.807, 2.05) is 0 Å². The number of hydrogen-bond donors (Lipinski definition) is 2. The molecule has 0 saturated heterocycles. The van der Waals surface area contributed by atoms with Gasteiger partial charge >= 0.3 is 0 Å². The van der Waals surface area contributed by atoms with Crippen LogP contribution in [0.25, 0.3) is 0 Å². The Labute approximate surface area is 167 Å². The minimum absolute atomic E-state index is 0. The van der Waals surface area contributed by atoms with Crippen molar-refractivity contribution in [3.8, 4) is 0 Å². The highest BCUT2D eigenvalue weighted by Gasteiger charge is 2.30. The maximum atomic E-state index is 12.1. The third kappa shape index (κ3) is 6.19. The zero-order valence-corrected chi connectivity index (χ0v) is 17.6.